The summed E-state index contributed by atoms with van der Waals surface area (Å²) in [5.74, 6) is 0.916. The Morgan fingerprint density at radius 1 is 1.56 bits per heavy atom. The molecule has 0 aromatic heterocycles. The predicted octanol–water partition coefficient (Wildman–Crippen LogP) is 1.23. The van der Waals surface area contributed by atoms with E-state index in [1.807, 2.05) is 6.92 Å². The van der Waals surface area contributed by atoms with Crippen LogP contribution in [0, 0.1) is 5.92 Å². The first-order chi connectivity index (χ1) is 4.34. The Morgan fingerprint density at radius 2 is 2.11 bits per heavy atom. The molecule has 1 unspecified atom stereocenters. The molecule has 3 heteroatoms. The molecule has 0 saturated carbocycles. The van der Waals surface area contributed by atoms with Crippen LogP contribution < -0.4 is 0 Å². The van der Waals surface area contributed by atoms with Gasteiger partial charge in [-0.2, -0.15) is 0 Å². The Morgan fingerprint density at radius 3 is 2.56 bits per heavy atom. The normalized spacial score (nSPS) is 24.7. The first-order valence-corrected chi connectivity index (χ1v) is 3.67. The molecule has 1 aliphatic heterocycles. The molecule has 2 nitrogen and oxygen atoms in total. The molecule has 0 bridgehead atoms. The number of hydrogen-bond donors (Lipinski definition) is 0. The lowest BCUT2D eigenvalue weighted by Crippen LogP contribution is -2.19. The summed E-state index contributed by atoms with van der Waals surface area (Å²) in [5, 5.41) is 0. The first kappa shape index (κ1) is 7.32. The zero-order valence-electron chi connectivity index (χ0n) is 5.47. The second kappa shape index (κ2) is 3.40. The van der Waals surface area contributed by atoms with E-state index in [2.05, 4.69) is 0 Å². The van der Waals surface area contributed by atoms with Crippen molar-refractivity contribution in [2.45, 2.75) is 13.2 Å². The Kier molecular flexibility index (Phi) is 2.76. The van der Waals surface area contributed by atoms with Crippen LogP contribution in [0.5, 0.6) is 0 Å². The average molecular weight is 151 g/mol. The molecular weight excluding hydrogens is 140 g/mol. The van der Waals surface area contributed by atoms with Gasteiger partial charge in [-0.1, -0.05) is 6.92 Å². The summed E-state index contributed by atoms with van der Waals surface area (Å²) in [4.78, 5) is 0. The lowest BCUT2D eigenvalue weighted by molar-refractivity contribution is -0.0723. The highest BCUT2D eigenvalue weighted by Crippen LogP contribution is 2.14. The minimum Gasteiger partial charge on any atom is -0.350 e. The van der Waals surface area contributed by atoms with Gasteiger partial charge in [0.05, 0.1) is 13.2 Å². The molecule has 1 aliphatic rings. The van der Waals surface area contributed by atoms with Crippen molar-refractivity contribution in [1.82, 2.24) is 0 Å². The second-order valence-corrected chi connectivity index (χ2v) is 2.55. The van der Waals surface area contributed by atoms with Crippen molar-refractivity contribution >= 4 is 11.6 Å². The Labute approximate surface area is 60.1 Å². The van der Waals surface area contributed by atoms with Crippen molar-refractivity contribution in [2.24, 2.45) is 5.92 Å². The van der Waals surface area contributed by atoms with E-state index in [-0.39, 0.29) is 6.29 Å². The van der Waals surface area contributed by atoms with E-state index >= 15 is 0 Å². The minimum atomic E-state index is -0.0532. The van der Waals surface area contributed by atoms with Gasteiger partial charge in [0.15, 0.2) is 6.29 Å². The molecule has 1 rings (SSSR count). The number of hydrogen-bond acceptors (Lipinski definition) is 2. The highest BCUT2D eigenvalue weighted by atomic mass is 35.5. The van der Waals surface area contributed by atoms with Crippen molar-refractivity contribution in [3.63, 3.8) is 0 Å². The molecule has 0 amide bonds. The van der Waals surface area contributed by atoms with Crippen LogP contribution in [0.1, 0.15) is 6.92 Å². The van der Waals surface area contributed by atoms with Gasteiger partial charge in [-0.15, -0.1) is 11.6 Å². The molecule has 0 spiro atoms. The molecule has 0 aromatic rings. The van der Waals surface area contributed by atoms with E-state index in [9.17, 15) is 0 Å². The fraction of sp³-hybridized carbons (Fsp3) is 1.00. The van der Waals surface area contributed by atoms with E-state index in [4.69, 9.17) is 21.1 Å². The third-order valence-corrected chi connectivity index (χ3v) is 1.84. The van der Waals surface area contributed by atoms with Gasteiger partial charge in [0.2, 0.25) is 0 Å². The molecule has 1 saturated heterocycles. The van der Waals surface area contributed by atoms with Gasteiger partial charge in [0.1, 0.15) is 0 Å². The highest BCUT2D eigenvalue weighted by molar-refractivity contribution is 6.18. The van der Waals surface area contributed by atoms with Gasteiger partial charge in [0, 0.05) is 11.8 Å². The summed E-state index contributed by atoms with van der Waals surface area (Å²) < 4.78 is 10.4. The van der Waals surface area contributed by atoms with Crippen LogP contribution in [0.2, 0.25) is 0 Å². The van der Waals surface area contributed by atoms with Crippen LogP contribution in [-0.2, 0) is 9.47 Å². The largest absolute Gasteiger partial charge is 0.350 e. The summed E-state index contributed by atoms with van der Waals surface area (Å²) in [6.07, 6.45) is -0.0532. The van der Waals surface area contributed by atoms with E-state index in [1.54, 1.807) is 0 Å². The Hall–Kier alpha value is 0.210. The van der Waals surface area contributed by atoms with Gasteiger partial charge < -0.3 is 9.47 Å². The SMILES string of the molecule is CC(CCl)C1OCCO1. The van der Waals surface area contributed by atoms with Crippen molar-refractivity contribution in [3.8, 4) is 0 Å². The summed E-state index contributed by atoms with van der Waals surface area (Å²) in [6.45, 7) is 3.45. The maximum atomic E-state index is 5.57. The Balaban J connectivity index is 2.24. The van der Waals surface area contributed by atoms with Crippen molar-refractivity contribution in [3.05, 3.63) is 0 Å². The van der Waals surface area contributed by atoms with Crippen LogP contribution >= 0.6 is 11.6 Å². The summed E-state index contributed by atoms with van der Waals surface area (Å²) >= 11 is 5.57. The fourth-order valence-corrected chi connectivity index (χ4v) is 0.923. The zero-order valence-corrected chi connectivity index (χ0v) is 6.23. The van der Waals surface area contributed by atoms with E-state index < -0.39 is 0 Å². The zero-order chi connectivity index (χ0) is 6.69. The molecule has 0 radical (unpaired) electrons. The topological polar surface area (TPSA) is 18.5 Å². The lowest BCUT2D eigenvalue weighted by Gasteiger charge is -2.13. The standard InChI is InChI=1S/C6H11ClO2/c1-5(4-7)6-8-2-3-9-6/h5-6H,2-4H2,1H3. The van der Waals surface area contributed by atoms with Crippen molar-refractivity contribution in [1.29, 1.82) is 0 Å². The number of rotatable bonds is 2. The molecule has 1 heterocycles. The van der Waals surface area contributed by atoms with Crippen LogP contribution in [0.4, 0.5) is 0 Å². The number of ether oxygens (including phenoxy) is 2. The van der Waals surface area contributed by atoms with Gasteiger partial charge in [0.25, 0.3) is 0 Å². The maximum absolute atomic E-state index is 5.57. The van der Waals surface area contributed by atoms with E-state index in [0.717, 1.165) is 0 Å². The average Bonchev–Trinajstić information content (AvgIpc) is 2.37. The Bertz CT molecular complexity index is 81.1. The third-order valence-electron chi connectivity index (χ3n) is 1.36. The summed E-state index contributed by atoms with van der Waals surface area (Å²) in [6, 6.07) is 0. The van der Waals surface area contributed by atoms with Crippen LogP contribution in [0.3, 0.4) is 0 Å². The second-order valence-electron chi connectivity index (χ2n) is 2.24. The fourth-order valence-electron chi connectivity index (χ4n) is 0.778. The molecule has 0 aliphatic carbocycles. The van der Waals surface area contributed by atoms with E-state index in [0.29, 0.717) is 25.0 Å². The summed E-state index contributed by atoms with van der Waals surface area (Å²) in [7, 11) is 0. The van der Waals surface area contributed by atoms with Crippen LogP contribution in [0.15, 0.2) is 0 Å². The third kappa shape index (κ3) is 1.81. The van der Waals surface area contributed by atoms with Crippen LogP contribution in [0.25, 0.3) is 0 Å². The first-order valence-electron chi connectivity index (χ1n) is 3.13. The van der Waals surface area contributed by atoms with Gasteiger partial charge >= 0.3 is 0 Å². The predicted molar refractivity (Wildman–Crippen MR) is 35.6 cm³/mol. The molecule has 1 atom stereocenters. The lowest BCUT2D eigenvalue weighted by atomic mass is 10.2. The molecule has 0 N–H and O–H groups in total. The van der Waals surface area contributed by atoms with Crippen molar-refractivity contribution in [2.75, 3.05) is 19.1 Å². The quantitative estimate of drug-likeness (QED) is 0.552. The van der Waals surface area contributed by atoms with Gasteiger partial charge in [-0.3, -0.25) is 0 Å². The van der Waals surface area contributed by atoms with E-state index in [1.165, 1.54) is 0 Å². The number of alkyl halides is 1. The molecule has 9 heavy (non-hydrogen) atoms. The molecule has 0 aromatic carbocycles. The smallest absolute Gasteiger partial charge is 0.161 e. The highest BCUT2D eigenvalue weighted by Gasteiger charge is 2.21. The molecular formula is C6H11ClO2. The monoisotopic (exact) mass is 150 g/mol. The molecule has 1 fully saturated rings. The van der Waals surface area contributed by atoms with Crippen LogP contribution in [-0.4, -0.2) is 25.4 Å². The van der Waals surface area contributed by atoms with Crippen molar-refractivity contribution < 1.29 is 9.47 Å². The summed E-state index contributed by atoms with van der Waals surface area (Å²) in [5.41, 5.74) is 0. The minimum absolute atomic E-state index is 0.0532. The maximum Gasteiger partial charge on any atom is 0.161 e. The molecule has 54 valence electrons. The van der Waals surface area contributed by atoms with Gasteiger partial charge in [-0.05, 0) is 0 Å². The van der Waals surface area contributed by atoms with Gasteiger partial charge in [-0.25, -0.2) is 0 Å². The number of halogens is 1.